The van der Waals surface area contributed by atoms with Crippen molar-refractivity contribution in [3.8, 4) is 0 Å². The molecule has 1 aromatic heterocycles. The summed E-state index contributed by atoms with van der Waals surface area (Å²) < 4.78 is 16.6. The molecule has 1 unspecified atom stereocenters. The molecule has 28 heavy (non-hydrogen) atoms. The Morgan fingerprint density at radius 3 is 2.75 bits per heavy atom. The van der Waals surface area contributed by atoms with Gasteiger partial charge in [-0.05, 0) is 25.3 Å². The molecule has 1 N–H and O–H groups in total. The van der Waals surface area contributed by atoms with Crippen molar-refractivity contribution in [3.63, 3.8) is 0 Å². The Morgan fingerprint density at radius 2 is 2.00 bits per heavy atom. The highest BCUT2D eigenvalue weighted by molar-refractivity contribution is 6.07. The number of amides is 2. The summed E-state index contributed by atoms with van der Waals surface area (Å²) in [5.41, 5.74) is 0.498. The molecule has 1 aromatic carbocycles. The first-order chi connectivity index (χ1) is 13.7. The molecule has 2 fully saturated rings. The number of aliphatic imine (C=N–C) groups is 1. The number of rotatable bonds is 6. The van der Waals surface area contributed by atoms with E-state index >= 15 is 0 Å². The summed E-state index contributed by atoms with van der Waals surface area (Å²) in [6.45, 7) is 1.27. The average molecular weight is 383 g/mol. The number of aromatic nitrogens is 2. The number of aryl methyl sites for hydroxylation is 1. The van der Waals surface area contributed by atoms with Crippen LogP contribution in [-0.2, 0) is 6.54 Å². The fourth-order valence-corrected chi connectivity index (χ4v) is 4.11. The Bertz CT molecular complexity index is 829. The number of carbonyl (C=O) groups is 1. The van der Waals surface area contributed by atoms with Crippen molar-refractivity contribution in [2.24, 2.45) is 4.99 Å². The molecule has 0 spiro atoms. The lowest BCUT2D eigenvalue weighted by atomic mass is 9.95. The summed E-state index contributed by atoms with van der Waals surface area (Å²) in [7, 11) is 0. The molecule has 4 rings (SSSR count). The second-order valence-corrected chi connectivity index (χ2v) is 7.51. The first kappa shape index (κ1) is 18.7. The van der Waals surface area contributed by atoms with Gasteiger partial charge in [0.25, 0.3) is 0 Å². The Balaban J connectivity index is 1.57. The van der Waals surface area contributed by atoms with Gasteiger partial charge in [-0.1, -0.05) is 37.5 Å². The molecule has 2 aliphatic rings. The molecule has 0 bridgehead atoms. The van der Waals surface area contributed by atoms with Crippen molar-refractivity contribution in [2.45, 2.75) is 57.2 Å². The van der Waals surface area contributed by atoms with Crippen molar-refractivity contribution in [2.75, 3.05) is 6.54 Å². The van der Waals surface area contributed by atoms with Crippen LogP contribution in [0.4, 0.5) is 9.18 Å². The third-order valence-corrected chi connectivity index (χ3v) is 5.54. The maximum absolute atomic E-state index is 14.6. The van der Waals surface area contributed by atoms with Crippen LogP contribution in [0.5, 0.6) is 0 Å². The van der Waals surface area contributed by atoms with Gasteiger partial charge in [-0.2, -0.15) is 0 Å². The van der Waals surface area contributed by atoms with Gasteiger partial charge in [0.05, 0.1) is 12.4 Å². The number of hydrogen-bond donors (Lipinski definition) is 1. The summed E-state index contributed by atoms with van der Waals surface area (Å²) in [6, 6.07) is 6.20. The molecular formula is C21H26FN5O. The minimum Gasteiger partial charge on any atom is -0.337 e. The van der Waals surface area contributed by atoms with Crippen LogP contribution in [0.1, 0.15) is 50.1 Å². The monoisotopic (exact) mass is 383 g/mol. The fourth-order valence-electron chi connectivity index (χ4n) is 4.11. The summed E-state index contributed by atoms with van der Waals surface area (Å²) in [5, 5.41) is 2.92. The van der Waals surface area contributed by atoms with E-state index in [1.165, 1.54) is 12.5 Å². The van der Waals surface area contributed by atoms with Gasteiger partial charge < -0.3 is 9.47 Å². The maximum atomic E-state index is 14.6. The van der Waals surface area contributed by atoms with E-state index in [2.05, 4.69) is 10.3 Å². The third kappa shape index (κ3) is 4.08. The Hall–Kier alpha value is -2.70. The maximum Gasteiger partial charge on any atom is 0.323 e. The Kier molecular flexibility index (Phi) is 5.69. The normalized spacial score (nSPS) is 22.0. The van der Waals surface area contributed by atoms with E-state index in [-0.39, 0.29) is 17.9 Å². The first-order valence-corrected chi connectivity index (χ1v) is 10.1. The lowest BCUT2D eigenvalue weighted by molar-refractivity contribution is 0.203. The van der Waals surface area contributed by atoms with E-state index in [0.29, 0.717) is 17.9 Å². The van der Waals surface area contributed by atoms with E-state index in [0.717, 1.165) is 38.6 Å². The average Bonchev–Trinajstić information content (AvgIpc) is 3.32. The van der Waals surface area contributed by atoms with Gasteiger partial charge in [-0.15, -0.1) is 0 Å². The number of imidazole rings is 1. The summed E-state index contributed by atoms with van der Waals surface area (Å²) in [6.07, 6.45) is 11.8. The van der Waals surface area contributed by atoms with Crippen molar-refractivity contribution in [1.82, 2.24) is 19.8 Å². The molecule has 1 aliphatic carbocycles. The second kappa shape index (κ2) is 8.54. The molecule has 148 valence electrons. The van der Waals surface area contributed by atoms with Crippen LogP contribution in [0.15, 0.2) is 48.0 Å². The fraction of sp³-hybridized carbons (Fsp3) is 0.476. The highest BCUT2D eigenvalue weighted by Crippen LogP contribution is 2.30. The zero-order valence-electron chi connectivity index (χ0n) is 15.9. The Labute approximate surface area is 164 Å². The van der Waals surface area contributed by atoms with Gasteiger partial charge in [0, 0.05) is 31.0 Å². The molecule has 6 nitrogen and oxygen atoms in total. The second-order valence-electron chi connectivity index (χ2n) is 7.51. The van der Waals surface area contributed by atoms with E-state index in [1.807, 2.05) is 16.8 Å². The minimum absolute atomic E-state index is 0.201. The largest absolute Gasteiger partial charge is 0.337 e. The smallest absolute Gasteiger partial charge is 0.323 e. The number of hydrogen-bond acceptors (Lipinski definition) is 3. The quantitative estimate of drug-likeness (QED) is 0.822. The van der Waals surface area contributed by atoms with Crippen molar-refractivity contribution in [3.05, 3.63) is 54.4 Å². The summed E-state index contributed by atoms with van der Waals surface area (Å²) >= 11 is 0. The van der Waals surface area contributed by atoms with Gasteiger partial charge in [0.1, 0.15) is 17.7 Å². The van der Waals surface area contributed by atoms with E-state index in [9.17, 15) is 9.18 Å². The van der Waals surface area contributed by atoms with Gasteiger partial charge in [0.2, 0.25) is 0 Å². The first-order valence-electron chi connectivity index (χ1n) is 10.1. The predicted molar refractivity (Wildman–Crippen MR) is 106 cm³/mol. The summed E-state index contributed by atoms with van der Waals surface area (Å²) in [4.78, 5) is 23.3. The van der Waals surface area contributed by atoms with E-state index < -0.39 is 6.04 Å². The molecule has 7 heteroatoms. The van der Waals surface area contributed by atoms with Crippen LogP contribution in [-0.4, -0.2) is 38.9 Å². The molecule has 1 saturated heterocycles. The molecule has 0 radical (unpaired) electrons. The van der Waals surface area contributed by atoms with Gasteiger partial charge in [0.15, 0.2) is 0 Å². The van der Waals surface area contributed by atoms with Gasteiger partial charge in [-0.3, -0.25) is 10.3 Å². The third-order valence-electron chi connectivity index (χ3n) is 5.54. The molecular weight excluding hydrogens is 357 g/mol. The lowest BCUT2D eigenvalue weighted by Crippen LogP contribution is -2.31. The van der Waals surface area contributed by atoms with E-state index in [4.69, 9.17) is 4.99 Å². The van der Waals surface area contributed by atoms with Crippen LogP contribution in [0, 0.1) is 5.82 Å². The van der Waals surface area contributed by atoms with Crippen LogP contribution in [0.25, 0.3) is 0 Å². The molecule has 2 aromatic rings. The van der Waals surface area contributed by atoms with Gasteiger partial charge >= 0.3 is 6.03 Å². The predicted octanol–water partition coefficient (Wildman–Crippen LogP) is 3.91. The molecule has 1 atom stereocenters. The number of urea groups is 1. The highest BCUT2D eigenvalue weighted by atomic mass is 19.1. The zero-order chi connectivity index (χ0) is 19.3. The molecule has 2 heterocycles. The SMILES string of the molecule is O=C1N/C(=N\C2CCCCC2)C(c2ccccc2F)N1CCCn1ccnc1. The zero-order valence-corrected chi connectivity index (χ0v) is 15.9. The number of halogens is 1. The highest BCUT2D eigenvalue weighted by Gasteiger charge is 2.39. The number of benzene rings is 1. The van der Waals surface area contributed by atoms with Crippen molar-refractivity contribution in [1.29, 1.82) is 0 Å². The molecule has 1 aliphatic heterocycles. The van der Waals surface area contributed by atoms with E-state index in [1.54, 1.807) is 29.6 Å². The van der Waals surface area contributed by atoms with Crippen molar-refractivity contribution >= 4 is 11.9 Å². The molecule has 1 saturated carbocycles. The van der Waals surface area contributed by atoms with Crippen LogP contribution in [0.2, 0.25) is 0 Å². The lowest BCUT2D eigenvalue weighted by Gasteiger charge is -2.25. The van der Waals surface area contributed by atoms with Gasteiger partial charge in [-0.25, -0.2) is 14.2 Å². The Morgan fingerprint density at radius 1 is 1.18 bits per heavy atom. The summed E-state index contributed by atoms with van der Waals surface area (Å²) in [5.74, 6) is 0.282. The standard InChI is InChI=1S/C21H26FN5O/c22-18-10-5-4-9-17(18)19-20(24-16-7-2-1-3-8-16)25-21(28)27(19)13-6-12-26-14-11-23-15-26/h4-5,9-11,14-16,19H,1-3,6-8,12-13H2,(H,24,25,28). The van der Waals surface area contributed by atoms with Crippen LogP contribution < -0.4 is 5.32 Å². The number of nitrogens with zero attached hydrogens (tertiary/aromatic N) is 4. The van der Waals surface area contributed by atoms with Crippen LogP contribution in [0.3, 0.4) is 0 Å². The van der Waals surface area contributed by atoms with Crippen LogP contribution >= 0.6 is 0 Å². The topological polar surface area (TPSA) is 62.5 Å². The minimum atomic E-state index is -0.488. The van der Waals surface area contributed by atoms with Crippen molar-refractivity contribution < 1.29 is 9.18 Å². The number of nitrogens with one attached hydrogen (secondary N) is 1. The molecule has 2 amide bonds. The number of carbonyl (C=O) groups excluding carboxylic acids is 1. The number of amidine groups is 1.